The van der Waals surface area contributed by atoms with Crippen molar-refractivity contribution in [3.05, 3.63) is 29.3 Å². The highest BCUT2D eigenvalue weighted by Gasteiger charge is 2.12. The standard InChI is InChI=1S/C14H22O/c1-6-11(4)13-9-7-8-12(5)14(13)15-10(2)3/h7-11H,6H2,1-5H3. The third kappa shape index (κ3) is 2.98. The summed E-state index contributed by atoms with van der Waals surface area (Å²) in [6.07, 6.45) is 1.40. The molecule has 84 valence electrons. The van der Waals surface area contributed by atoms with Crippen LogP contribution >= 0.6 is 0 Å². The molecule has 0 fully saturated rings. The zero-order chi connectivity index (χ0) is 11.4. The highest BCUT2D eigenvalue weighted by Crippen LogP contribution is 2.32. The highest BCUT2D eigenvalue weighted by molar-refractivity contribution is 5.42. The van der Waals surface area contributed by atoms with Crippen LogP contribution in [0.25, 0.3) is 0 Å². The van der Waals surface area contributed by atoms with Crippen LogP contribution in [-0.4, -0.2) is 6.10 Å². The molecule has 0 amide bonds. The number of ether oxygens (including phenoxy) is 1. The molecule has 0 radical (unpaired) electrons. The van der Waals surface area contributed by atoms with E-state index in [4.69, 9.17) is 4.74 Å². The Kier molecular flexibility index (Phi) is 4.19. The lowest BCUT2D eigenvalue weighted by molar-refractivity contribution is 0.237. The molecule has 1 atom stereocenters. The molecule has 0 N–H and O–H groups in total. The number of rotatable bonds is 4. The van der Waals surface area contributed by atoms with Crippen LogP contribution in [0.2, 0.25) is 0 Å². The molecular weight excluding hydrogens is 184 g/mol. The van der Waals surface area contributed by atoms with Gasteiger partial charge in [-0.2, -0.15) is 0 Å². The SMILES string of the molecule is CCC(C)c1cccc(C)c1OC(C)C. The van der Waals surface area contributed by atoms with Gasteiger partial charge in [-0.3, -0.25) is 0 Å². The maximum atomic E-state index is 5.90. The van der Waals surface area contributed by atoms with E-state index in [1.54, 1.807) is 0 Å². The second-order valence-corrected chi connectivity index (χ2v) is 4.47. The van der Waals surface area contributed by atoms with Gasteiger partial charge in [0.2, 0.25) is 0 Å². The molecule has 15 heavy (non-hydrogen) atoms. The third-order valence-electron chi connectivity index (χ3n) is 2.74. The van der Waals surface area contributed by atoms with Gasteiger partial charge in [-0.05, 0) is 44.2 Å². The topological polar surface area (TPSA) is 9.23 Å². The Morgan fingerprint density at radius 1 is 1.20 bits per heavy atom. The first-order valence-electron chi connectivity index (χ1n) is 5.82. The van der Waals surface area contributed by atoms with Gasteiger partial charge in [0.1, 0.15) is 5.75 Å². The lowest BCUT2D eigenvalue weighted by atomic mass is 9.96. The number of hydrogen-bond acceptors (Lipinski definition) is 1. The fraction of sp³-hybridized carbons (Fsp3) is 0.571. The number of para-hydroxylation sites is 1. The van der Waals surface area contributed by atoms with Gasteiger partial charge < -0.3 is 4.74 Å². The predicted octanol–water partition coefficient (Wildman–Crippen LogP) is 4.30. The van der Waals surface area contributed by atoms with E-state index < -0.39 is 0 Å². The van der Waals surface area contributed by atoms with Gasteiger partial charge >= 0.3 is 0 Å². The number of hydrogen-bond donors (Lipinski definition) is 0. The van der Waals surface area contributed by atoms with Gasteiger partial charge in [0, 0.05) is 0 Å². The van der Waals surface area contributed by atoms with Crippen molar-refractivity contribution in [1.29, 1.82) is 0 Å². The van der Waals surface area contributed by atoms with Crippen molar-refractivity contribution < 1.29 is 4.74 Å². The summed E-state index contributed by atoms with van der Waals surface area (Å²) in [6, 6.07) is 6.41. The molecule has 1 unspecified atom stereocenters. The van der Waals surface area contributed by atoms with E-state index in [-0.39, 0.29) is 6.10 Å². The zero-order valence-corrected chi connectivity index (χ0v) is 10.5. The van der Waals surface area contributed by atoms with Crippen molar-refractivity contribution in [3.8, 4) is 5.75 Å². The highest BCUT2D eigenvalue weighted by atomic mass is 16.5. The summed E-state index contributed by atoms with van der Waals surface area (Å²) in [6.45, 7) is 10.7. The third-order valence-corrected chi connectivity index (χ3v) is 2.74. The summed E-state index contributed by atoms with van der Waals surface area (Å²) in [5.74, 6) is 1.65. The monoisotopic (exact) mass is 206 g/mol. The van der Waals surface area contributed by atoms with Crippen LogP contribution in [0.4, 0.5) is 0 Å². The van der Waals surface area contributed by atoms with Crippen LogP contribution < -0.4 is 4.74 Å². The minimum absolute atomic E-state index is 0.244. The molecular formula is C14H22O. The lowest BCUT2D eigenvalue weighted by Crippen LogP contribution is -2.09. The smallest absolute Gasteiger partial charge is 0.126 e. The second-order valence-electron chi connectivity index (χ2n) is 4.47. The summed E-state index contributed by atoms with van der Waals surface area (Å²) in [7, 11) is 0. The summed E-state index contributed by atoms with van der Waals surface area (Å²) < 4.78 is 5.90. The molecule has 1 nitrogen and oxygen atoms in total. The van der Waals surface area contributed by atoms with E-state index in [0.717, 1.165) is 12.2 Å². The van der Waals surface area contributed by atoms with E-state index in [1.165, 1.54) is 11.1 Å². The minimum Gasteiger partial charge on any atom is -0.490 e. The van der Waals surface area contributed by atoms with Crippen molar-refractivity contribution in [2.75, 3.05) is 0 Å². The first-order valence-corrected chi connectivity index (χ1v) is 5.82. The lowest BCUT2D eigenvalue weighted by Gasteiger charge is -2.19. The van der Waals surface area contributed by atoms with Crippen LogP contribution in [0, 0.1) is 6.92 Å². The van der Waals surface area contributed by atoms with Crippen molar-refractivity contribution in [1.82, 2.24) is 0 Å². The Morgan fingerprint density at radius 2 is 1.87 bits per heavy atom. The molecule has 1 heteroatoms. The van der Waals surface area contributed by atoms with Crippen LogP contribution in [0.5, 0.6) is 5.75 Å². The predicted molar refractivity (Wildman–Crippen MR) is 65.6 cm³/mol. The molecule has 0 aliphatic carbocycles. The van der Waals surface area contributed by atoms with E-state index in [9.17, 15) is 0 Å². The summed E-state index contributed by atoms with van der Waals surface area (Å²) in [5.41, 5.74) is 2.58. The Balaban J connectivity index is 3.08. The Bertz CT molecular complexity index is 315. The maximum absolute atomic E-state index is 5.90. The van der Waals surface area contributed by atoms with E-state index in [1.807, 2.05) is 0 Å². The molecule has 1 rings (SSSR count). The molecule has 0 spiro atoms. The average molecular weight is 206 g/mol. The summed E-state index contributed by atoms with van der Waals surface area (Å²) in [4.78, 5) is 0. The van der Waals surface area contributed by atoms with Crippen molar-refractivity contribution in [2.24, 2.45) is 0 Å². The van der Waals surface area contributed by atoms with Crippen molar-refractivity contribution in [2.45, 2.75) is 53.1 Å². The average Bonchev–Trinajstić information content (AvgIpc) is 2.19. The largest absolute Gasteiger partial charge is 0.490 e. The van der Waals surface area contributed by atoms with Gasteiger partial charge in [-0.25, -0.2) is 0 Å². The van der Waals surface area contributed by atoms with Gasteiger partial charge in [0.15, 0.2) is 0 Å². The van der Waals surface area contributed by atoms with Crippen LogP contribution in [0.3, 0.4) is 0 Å². The fourth-order valence-corrected chi connectivity index (χ4v) is 1.68. The molecule has 0 saturated carbocycles. The molecule has 0 aliphatic heterocycles. The first kappa shape index (κ1) is 12.1. The van der Waals surface area contributed by atoms with E-state index in [0.29, 0.717) is 5.92 Å². The van der Waals surface area contributed by atoms with Crippen LogP contribution in [0.15, 0.2) is 18.2 Å². The molecule has 0 heterocycles. The van der Waals surface area contributed by atoms with E-state index >= 15 is 0 Å². The van der Waals surface area contributed by atoms with Crippen LogP contribution in [0.1, 0.15) is 51.2 Å². The molecule has 0 aromatic heterocycles. The maximum Gasteiger partial charge on any atom is 0.126 e. The van der Waals surface area contributed by atoms with Crippen molar-refractivity contribution >= 4 is 0 Å². The Morgan fingerprint density at radius 3 is 2.40 bits per heavy atom. The Labute approximate surface area is 93.5 Å². The summed E-state index contributed by atoms with van der Waals surface area (Å²) in [5, 5.41) is 0. The molecule has 0 bridgehead atoms. The quantitative estimate of drug-likeness (QED) is 0.714. The summed E-state index contributed by atoms with van der Waals surface area (Å²) >= 11 is 0. The minimum atomic E-state index is 0.244. The molecule has 0 aliphatic rings. The van der Waals surface area contributed by atoms with Gasteiger partial charge in [-0.1, -0.05) is 32.0 Å². The molecule has 1 aromatic carbocycles. The zero-order valence-electron chi connectivity index (χ0n) is 10.5. The number of aryl methyl sites for hydroxylation is 1. The van der Waals surface area contributed by atoms with Gasteiger partial charge in [0.25, 0.3) is 0 Å². The Hall–Kier alpha value is -0.980. The first-order chi connectivity index (χ1) is 7.06. The van der Waals surface area contributed by atoms with Crippen molar-refractivity contribution in [3.63, 3.8) is 0 Å². The normalized spacial score (nSPS) is 12.9. The van der Waals surface area contributed by atoms with Gasteiger partial charge in [-0.15, -0.1) is 0 Å². The molecule has 0 saturated heterocycles. The fourth-order valence-electron chi connectivity index (χ4n) is 1.68. The van der Waals surface area contributed by atoms with Crippen LogP contribution in [-0.2, 0) is 0 Å². The van der Waals surface area contributed by atoms with Gasteiger partial charge in [0.05, 0.1) is 6.10 Å². The number of benzene rings is 1. The second kappa shape index (κ2) is 5.20. The molecule has 1 aromatic rings. The van der Waals surface area contributed by atoms with E-state index in [2.05, 4.69) is 52.8 Å².